The molecule has 28 heavy (non-hydrogen) atoms. The van der Waals surface area contributed by atoms with Crippen LogP contribution in [-0.2, 0) is 14.3 Å². The van der Waals surface area contributed by atoms with Crippen molar-refractivity contribution in [2.24, 2.45) is 0 Å². The molecule has 0 aromatic carbocycles. The molecule has 3 N–H and O–H groups in total. The van der Waals surface area contributed by atoms with Crippen molar-refractivity contribution in [1.29, 1.82) is 0 Å². The number of unbranched alkanes of at least 4 members (excludes halogenated alkanes) is 12. The maximum atomic E-state index is 11.3. The number of carboxylic acid groups (broad SMARTS) is 1. The molecule has 0 aliphatic heterocycles. The Morgan fingerprint density at radius 3 is 1.71 bits per heavy atom. The molecule has 0 amide bonds. The van der Waals surface area contributed by atoms with E-state index in [1.807, 2.05) is 0 Å². The lowest BCUT2D eigenvalue weighted by molar-refractivity contribution is -0.169. The lowest BCUT2D eigenvalue weighted by Gasteiger charge is -2.13. The van der Waals surface area contributed by atoms with Crippen molar-refractivity contribution in [2.45, 2.75) is 109 Å². The Bertz CT molecular complexity index is 421. The highest BCUT2D eigenvalue weighted by Crippen LogP contribution is 2.10. The number of allylic oxidation sites excluding steroid dienone is 2. The molecular formula is C22H40O6. The lowest BCUT2D eigenvalue weighted by atomic mass is 10.1. The summed E-state index contributed by atoms with van der Waals surface area (Å²) in [6.45, 7) is 2.37. The number of rotatable bonds is 19. The molecule has 0 aliphatic rings. The molecule has 2 unspecified atom stereocenters. The summed E-state index contributed by atoms with van der Waals surface area (Å²) in [5.41, 5.74) is 0. The van der Waals surface area contributed by atoms with Gasteiger partial charge < -0.3 is 20.1 Å². The fourth-order valence-corrected chi connectivity index (χ4v) is 2.87. The number of hydrogen-bond acceptors (Lipinski definition) is 5. The van der Waals surface area contributed by atoms with Gasteiger partial charge in [-0.3, -0.25) is 0 Å². The Morgan fingerprint density at radius 1 is 0.750 bits per heavy atom. The van der Waals surface area contributed by atoms with Crippen LogP contribution in [0, 0.1) is 0 Å². The predicted octanol–water partition coefficient (Wildman–Crippen LogP) is 4.37. The zero-order valence-electron chi connectivity index (χ0n) is 17.5. The SMILES string of the molecule is CCCCCCCCC=CCCCCCCCCOC(=O)C(O)C(O)C(=O)O. The first-order valence-electron chi connectivity index (χ1n) is 10.9. The third kappa shape index (κ3) is 15.6. The summed E-state index contributed by atoms with van der Waals surface area (Å²) in [7, 11) is 0. The van der Waals surface area contributed by atoms with Crippen molar-refractivity contribution >= 4 is 11.9 Å². The van der Waals surface area contributed by atoms with E-state index in [0.717, 1.165) is 25.7 Å². The second kappa shape index (κ2) is 18.9. The Labute approximate surface area is 170 Å². The first-order chi connectivity index (χ1) is 13.5. The van der Waals surface area contributed by atoms with Crippen LogP contribution in [0.25, 0.3) is 0 Å². The number of aliphatic hydroxyl groups excluding tert-OH is 2. The molecule has 0 radical (unpaired) electrons. The van der Waals surface area contributed by atoms with Gasteiger partial charge in [0, 0.05) is 0 Å². The van der Waals surface area contributed by atoms with Gasteiger partial charge in [0.2, 0.25) is 0 Å². The number of carboxylic acids is 1. The van der Waals surface area contributed by atoms with Crippen LogP contribution in [0.5, 0.6) is 0 Å². The molecule has 0 spiro atoms. The van der Waals surface area contributed by atoms with Crippen LogP contribution in [0.15, 0.2) is 12.2 Å². The summed E-state index contributed by atoms with van der Waals surface area (Å²) in [5.74, 6) is -2.75. The fraction of sp³-hybridized carbons (Fsp3) is 0.818. The molecule has 0 rings (SSSR count). The van der Waals surface area contributed by atoms with Gasteiger partial charge in [0.15, 0.2) is 12.2 Å². The molecule has 0 aliphatic carbocycles. The molecule has 0 heterocycles. The van der Waals surface area contributed by atoms with E-state index in [2.05, 4.69) is 19.1 Å². The first-order valence-corrected chi connectivity index (χ1v) is 10.9. The van der Waals surface area contributed by atoms with Gasteiger partial charge in [-0.05, 0) is 32.1 Å². The highest BCUT2D eigenvalue weighted by molar-refractivity contribution is 5.84. The zero-order chi connectivity index (χ0) is 21.0. The Balaban J connectivity index is 3.36. The molecule has 0 aromatic rings. The predicted molar refractivity (Wildman–Crippen MR) is 110 cm³/mol. The molecule has 0 saturated heterocycles. The van der Waals surface area contributed by atoms with Gasteiger partial charge in [-0.15, -0.1) is 0 Å². The van der Waals surface area contributed by atoms with Crippen LogP contribution >= 0.6 is 0 Å². The Kier molecular flexibility index (Phi) is 18.0. The minimum atomic E-state index is -2.15. The van der Waals surface area contributed by atoms with Crippen molar-refractivity contribution in [3.05, 3.63) is 12.2 Å². The van der Waals surface area contributed by atoms with E-state index in [-0.39, 0.29) is 6.61 Å². The molecular weight excluding hydrogens is 360 g/mol. The highest BCUT2D eigenvalue weighted by atomic mass is 16.5. The van der Waals surface area contributed by atoms with Crippen molar-refractivity contribution < 1.29 is 29.6 Å². The average Bonchev–Trinajstić information content (AvgIpc) is 2.68. The van der Waals surface area contributed by atoms with Crippen LogP contribution < -0.4 is 0 Å². The van der Waals surface area contributed by atoms with Gasteiger partial charge in [-0.25, -0.2) is 9.59 Å². The van der Waals surface area contributed by atoms with Crippen molar-refractivity contribution in [3.63, 3.8) is 0 Å². The third-order valence-electron chi connectivity index (χ3n) is 4.69. The maximum Gasteiger partial charge on any atom is 0.338 e. The molecule has 2 atom stereocenters. The monoisotopic (exact) mass is 400 g/mol. The van der Waals surface area contributed by atoms with Crippen LogP contribution in [0.4, 0.5) is 0 Å². The van der Waals surface area contributed by atoms with E-state index < -0.39 is 24.1 Å². The number of esters is 1. The first kappa shape index (κ1) is 26.6. The van der Waals surface area contributed by atoms with E-state index in [1.54, 1.807) is 0 Å². The van der Waals surface area contributed by atoms with E-state index in [1.165, 1.54) is 57.8 Å². The zero-order valence-corrected chi connectivity index (χ0v) is 17.5. The second-order valence-corrected chi connectivity index (χ2v) is 7.33. The van der Waals surface area contributed by atoms with E-state index in [0.29, 0.717) is 6.42 Å². The Morgan fingerprint density at radius 2 is 1.21 bits per heavy atom. The topological polar surface area (TPSA) is 104 Å². The molecule has 0 fully saturated rings. The fourth-order valence-electron chi connectivity index (χ4n) is 2.87. The van der Waals surface area contributed by atoms with Gasteiger partial charge in [0.25, 0.3) is 0 Å². The minimum absolute atomic E-state index is 0.128. The third-order valence-corrected chi connectivity index (χ3v) is 4.69. The number of hydrogen-bond donors (Lipinski definition) is 3. The molecule has 0 saturated carbocycles. The lowest BCUT2D eigenvalue weighted by Crippen LogP contribution is -2.40. The number of ether oxygens (including phenoxy) is 1. The largest absolute Gasteiger partial charge is 0.479 e. The summed E-state index contributed by atoms with van der Waals surface area (Å²) in [4.78, 5) is 21.8. The van der Waals surface area contributed by atoms with Crippen LogP contribution in [0.1, 0.15) is 96.8 Å². The summed E-state index contributed by atoms with van der Waals surface area (Å²) in [5, 5.41) is 26.8. The Hall–Kier alpha value is -1.40. The second-order valence-electron chi connectivity index (χ2n) is 7.33. The standard InChI is InChI=1S/C22H40O6/c1-2-3-4-5-6-7-8-9-10-11-12-13-14-15-16-17-18-28-22(27)20(24)19(23)21(25)26/h9-10,19-20,23-24H,2-8,11-18H2,1H3,(H,25,26). The number of carbonyl (C=O) groups is 2. The molecule has 0 bridgehead atoms. The summed E-state index contributed by atoms with van der Waals surface area (Å²) >= 11 is 0. The normalized spacial score (nSPS) is 13.5. The van der Waals surface area contributed by atoms with Gasteiger partial charge in [-0.2, -0.15) is 0 Å². The molecule has 6 nitrogen and oxygen atoms in total. The number of aliphatic hydroxyl groups is 2. The van der Waals surface area contributed by atoms with E-state index in [9.17, 15) is 14.7 Å². The van der Waals surface area contributed by atoms with Crippen molar-refractivity contribution in [2.75, 3.05) is 6.61 Å². The van der Waals surface area contributed by atoms with Gasteiger partial charge in [0.05, 0.1) is 6.61 Å². The van der Waals surface area contributed by atoms with Crippen molar-refractivity contribution in [3.8, 4) is 0 Å². The van der Waals surface area contributed by atoms with Crippen LogP contribution in [-0.4, -0.2) is 46.1 Å². The van der Waals surface area contributed by atoms with Gasteiger partial charge in [-0.1, -0.05) is 76.9 Å². The summed E-state index contributed by atoms with van der Waals surface area (Å²) in [6, 6.07) is 0. The minimum Gasteiger partial charge on any atom is -0.479 e. The van der Waals surface area contributed by atoms with Crippen LogP contribution in [0.2, 0.25) is 0 Å². The summed E-state index contributed by atoms with van der Waals surface area (Å²) < 4.78 is 4.77. The maximum absolute atomic E-state index is 11.3. The quantitative estimate of drug-likeness (QED) is 0.169. The number of carbonyl (C=O) groups excluding carboxylic acids is 1. The molecule has 164 valence electrons. The van der Waals surface area contributed by atoms with Crippen molar-refractivity contribution in [1.82, 2.24) is 0 Å². The molecule has 0 aromatic heterocycles. The summed E-state index contributed by atoms with van der Waals surface area (Å²) in [6.07, 6.45) is 17.0. The van der Waals surface area contributed by atoms with Gasteiger partial charge in [0.1, 0.15) is 0 Å². The van der Waals surface area contributed by atoms with Crippen LogP contribution in [0.3, 0.4) is 0 Å². The number of aliphatic carboxylic acids is 1. The highest BCUT2D eigenvalue weighted by Gasteiger charge is 2.31. The molecule has 6 heteroatoms. The van der Waals surface area contributed by atoms with E-state index in [4.69, 9.17) is 14.9 Å². The van der Waals surface area contributed by atoms with Gasteiger partial charge >= 0.3 is 11.9 Å². The average molecular weight is 401 g/mol. The van der Waals surface area contributed by atoms with E-state index >= 15 is 0 Å². The smallest absolute Gasteiger partial charge is 0.338 e.